The van der Waals surface area contributed by atoms with Crippen LogP contribution in [0.25, 0.3) is 0 Å². The van der Waals surface area contributed by atoms with Crippen LogP contribution in [-0.2, 0) is 28.4 Å². The zero-order valence-corrected chi connectivity index (χ0v) is 17.9. The molecule has 11 heteroatoms. The van der Waals surface area contributed by atoms with Crippen molar-refractivity contribution in [2.75, 3.05) is 0 Å². The fourth-order valence-electron chi connectivity index (χ4n) is 3.91. The molecule has 1 aliphatic carbocycles. The van der Waals surface area contributed by atoms with Gasteiger partial charge >= 0.3 is 0 Å². The largest absolute Gasteiger partial charge is 0.550 e. The van der Waals surface area contributed by atoms with E-state index < -0.39 is 21.9 Å². The highest BCUT2D eigenvalue weighted by Gasteiger charge is 2.22. The van der Waals surface area contributed by atoms with Crippen LogP contribution in [0.5, 0.6) is 0 Å². The summed E-state index contributed by atoms with van der Waals surface area (Å²) >= 11 is 0. The molecule has 1 aliphatic rings. The molecular formula is C19H28N5O5S-. The molecule has 2 heterocycles. The van der Waals surface area contributed by atoms with Gasteiger partial charge in [-0.3, -0.25) is 0 Å². The molecule has 1 fully saturated rings. The van der Waals surface area contributed by atoms with Crippen molar-refractivity contribution >= 4 is 16.0 Å². The molecule has 0 radical (unpaired) electrons. The van der Waals surface area contributed by atoms with Gasteiger partial charge in [0.05, 0.1) is 12.9 Å². The third-order valence-electron chi connectivity index (χ3n) is 5.51. The van der Waals surface area contributed by atoms with E-state index in [4.69, 9.17) is 4.52 Å². The van der Waals surface area contributed by atoms with E-state index in [1.807, 2.05) is 0 Å². The number of hydrogen-bond donors (Lipinski definition) is 1. The fourth-order valence-corrected chi connectivity index (χ4v) is 4.87. The zero-order chi connectivity index (χ0) is 21.6. The molecule has 0 amide bonds. The number of aliphatic carboxylic acids is 1. The molecule has 1 atom stereocenters. The molecule has 1 N–H and O–H groups in total. The van der Waals surface area contributed by atoms with Gasteiger partial charge in [-0.05, 0) is 18.8 Å². The Kier molecular flexibility index (Phi) is 7.59. The molecule has 0 bridgehead atoms. The first-order valence-corrected chi connectivity index (χ1v) is 11.8. The molecule has 0 spiro atoms. The Labute approximate surface area is 176 Å². The zero-order valence-electron chi connectivity index (χ0n) is 17.1. The maximum Gasteiger partial charge on any atom is 0.259 e. The van der Waals surface area contributed by atoms with Crippen LogP contribution >= 0.6 is 0 Å². The fraction of sp³-hybridized carbons (Fsp3) is 0.684. The third-order valence-corrected chi connectivity index (χ3v) is 6.80. The van der Waals surface area contributed by atoms with E-state index >= 15 is 0 Å². The van der Waals surface area contributed by atoms with Crippen molar-refractivity contribution < 1.29 is 22.8 Å². The number of imidazole rings is 1. The molecular weight excluding hydrogens is 410 g/mol. The van der Waals surface area contributed by atoms with E-state index in [1.54, 1.807) is 7.05 Å². The predicted octanol–water partition coefficient (Wildman–Crippen LogP) is 1.26. The second kappa shape index (κ2) is 10.2. The second-order valence-corrected chi connectivity index (χ2v) is 9.67. The van der Waals surface area contributed by atoms with Gasteiger partial charge in [-0.15, -0.1) is 0 Å². The number of rotatable bonds is 11. The molecule has 0 unspecified atom stereocenters. The monoisotopic (exact) mass is 438 g/mol. The Hall–Kier alpha value is -2.27. The van der Waals surface area contributed by atoms with Gasteiger partial charge in [0.1, 0.15) is 0 Å². The minimum absolute atomic E-state index is 0.105. The Balaban J connectivity index is 1.56. The predicted molar refractivity (Wildman–Crippen MR) is 104 cm³/mol. The normalized spacial score (nSPS) is 16.6. The van der Waals surface area contributed by atoms with E-state index in [2.05, 4.69) is 19.8 Å². The van der Waals surface area contributed by atoms with E-state index in [0.717, 1.165) is 12.8 Å². The first-order chi connectivity index (χ1) is 14.3. The van der Waals surface area contributed by atoms with E-state index in [9.17, 15) is 18.3 Å². The van der Waals surface area contributed by atoms with Crippen LogP contribution < -0.4 is 9.83 Å². The van der Waals surface area contributed by atoms with Gasteiger partial charge in [0, 0.05) is 25.1 Å². The number of hydrogen-bond acceptors (Lipinski definition) is 8. The summed E-state index contributed by atoms with van der Waals surface area (Å²) in [5.41, 5.74) is 0. The summed E-state index contributed by atoms with van der Waals surface area (Å²) in [7, 11) is -2.13. The maximum absolute atomic E-state index is 12.2. The highest BCUT2D eigenvalue weighted by Crippen LogP contribution is 2.30. The highest BCUT2D eigenvalue weighted by atomic mass is 32.2. The van der Waals surface area contributed by atoms with Crippen molar-refractivity contribution in [2.24, 2.45) is 13.0 Å². The maximum atomic E-state index is 12.2. The number of carbonyl (C=O) groups is 1. The van der Waals surface area contributed by atoms with E-state index in [-0.39, 0.29) is 29.7 Å². The number of aryl methyl sites for hydroxylation is 1. The average Bonchev–Trinajstić information content (AvgIpc) is 3.36. The van der Waals surface area contributed by atoms with Crippen LogP contribution in [0.4, 0.5) is 0 Å². The molecule has 30 heavy (non-hydrogen) atoms. The van der Waals surface area contributed by atoms with Crippen molar-refractivity contribution in [1.82, 2.24) is 24.4 Å². The number of nitrogens with one attached hydrogen (secondary N) is 1. The summed E-state index contributed by atoms with van der Waals surface area (Å²) in [5.74, 6) is -0.558. The summed E-state index contributed by atoms with van der Waals surface area (Å²) in [6, 6.07) is 0. The van der Waals surface area contributed by atoms with Gasteiger partial charge in [0.2, 0.25) is 5.89 Å². The Bertz CT molecular complexity index is 933. The van der Waals surface area contributed by atoms with Crippen LogP contribution in [0.1, 0.15) is 75.4 Å². The number of aromatic nitrogens is 4. The number of nitrogens with zero attached hydrogens (tertiary/aromatic N) is 4. The molecule has 0 aliphatic heterocycles. The minimum atomic E-state index is -3.80. The van der Waals surface area contributed by atoms with Gasteiger partial charge in [0.15, 0.2) is 10.9 Å². The van der Waals surface area contributed by atoms with Crippen LogP contribution in [0.3, 0.4) is 0 Å². The van der Waals surface area contributed by atoms with Gasteiger partial charge in [-0.25, -0.2) is 18.1 Å². The number of carboxylic acid groups (broad SMARTS) is 1. The lowest BCUT2D eigenvalue weighted by atomic mass is 9.84. The Morgan fingerprint density at radius 2 is 2.13 bits per heavy atom. The number of carboxylic acids is 1. The van der Waals surface area contributed by atoms with Crippen LogP contribution in [0.2, 0.25) is 0 Å². The first kappa shape index (κ1) is 22.4. The van der Waals surface area contributed by atoms with Gasteiger partial charge in [0.25, 0.3) is 10.0 Å². The lowest BCUT2D eigenvalue weighted by molar-refractivity contribution is -0.306. The van der Waals surface area contributed by atoms with Crippen LogP contribution in [0.15, 0.2) is 22.1 Å². The van der Waals surface area contributed by atoms with Gasteiger partial charge < -0.3 is 19.0 Å². The van der Waals surface area contributed by atoms with Crippen LogP contribution in [-0.4, -0.2) is 34.1 Å². The standard InChI is InChI=1S/C19H29N5O5S/c1-24-12-17(20-13-24)30(27,28)21-11-16-22-19(29-23-16)15(10-18(25)26)9-5-8-14-6-3-2-4-7-14/h12-15,21H,2-11H2,1H3,(H,25,26)/p-1/t15-/m1/s1. The molecule has 10 nitrogen and oxygen atoms in total. The van der Waals surface area contributed by atoms with E-state index in [1.165, 1.54) is 49.2 Å². The molecule has 0 saturated heterocycles. The third kappa shape index (κ3) is 6.36. The molecule has 2 aromatic heterocycles. The Morgan fingerprint density at radius 1 is 1.37 bits per heavy atom. The van der Waals surface area contributed by atoms with Crippen molar-refractivity contribution in [3.05, 3.63) is 24.2 Å². The van der Waals surface area contributed by atoms with Gasteiger partial charge in [-0.1, -0.05) is 50.1 Å². The quantitative estimate of drug-likeness (QED) is 0.552. The molecule has 166 valence electrons. The summed E-state index contributed by atoms with van der Waals surface area (Å²) < 4.78 is 33.6. The molecule has 0 aromatic carbocycles. The molecule has 1 saturated carbocycles. The lowest BCUT2D eigenvalue weighted by Crippen LogP contribution is -2.25. The van der Waals surface area contributed by atoms with Crippen molar-refractivity contribution in [2.45, 2.75) is 75.3 Å². The molecule has 3 rings (SSSR count). The smallest absolute Gasteiger partial charge is 0.259 e. The first-order valence-electron chi connectivity index (χ1n) is 10.3. The average molecular weight is 439 g/mol. The van der Waals surface area contributed by atoms with E-state index in [0.29, 0.717) is 12.3 Å². The Morgan fingerprint density at radius 3 is 2.80 bits per heavy atom. The summed E-state index contributed by atoms with van der Waals surface area (Å²) in [6.07, 6.45) is 11.5. The summed E-state index contributed by atoms with van der Waals surface area (Å²) in [4.78, 5) is 19.2. The van der Waals surface area contributed by atoms with Crippen molar-refractivity contribution in [3.8, 4) is 0 Å². The minimum Gasteiger partial charge on any atom is -0.550 e. The highest BCUT2D eigenvalue weighted by molar-refractivity contribution is 7.89. The van der Waals surface area contributed by atoms with Gasteiger partial charge in [-0.2, -0.15) is 4.98 Å². The number of sulfonamides is 1. The van der Waals surface area contributed by atoms with Crippen LogP contribution in [0, 0.1) is 5.92 Å². The summed E-state index contributed by atoms with van der Waals surface area (Å²) in [5, 5.41) is 14.9. The SMILES string of the molecule is Cn1cnc(S(=O)(=O)NCc2noc([C@H](CCCC3CCCCC3)CC(=O)[O-])n2)c1. The van der Waals surface area contributed by atoms with Crippen molar-refractivity contribution in [1.29, 1.82) is 0 Å². The molecule has 2 aromatic rings. The topological polar surface area (TPSA) is 143 Å². The summed E-state index contributed by atoms with van der Waals surface area (Å²) in [6.45, 7) is -0.178. The second-order valence-electron chi connectivity index (χ2n) is 7.96. The lowest BCUT2D eigenvalue weighted by Gasteiger charge is -2.22. The number of carbonyl (C=O) groups excluding carboxylic acids is 1. The van der Waals surface area contributed by atoms with Crippen molar-refractivity contribution in [3.63, 3.8) is 0 Å².